The first-order chi connectivity index (χ1) is 10.3. The monoisotopic (exact) mass is 318 g/mol. The summed E-state index contributed by atoms with van der Waals surface area (Å²) in [5.74, 6) is 2.60. The van der Waals surface area contributed by atoms with Crippen LogP contribution in [0, 0.1) is 6.92 Å². The molecule has 0 spiro atoms. The van der Waals surface area contributed by atoms with E-state index >= 15 is 0 Å². The summed E-state index contributed by atoms with van der Waals surface area (Å²) in [6, 6.07) is 15.6. The number of nitrogens with zero attached hydrogens (tertiary/aromatic N) is 2. The highest BCUT2D eigenvalue weighted by Gasteiger charge is 1.95. The molecule has 0 atom stereocenters. The number of ether oxygens (including phenoxy) is 1. The van der Waals surface area contributed by atoms with E-state index in [1.807, 2.05) is 48.5 Å². The van der Waals surface area contributed by atoms with Crippen LogP contribution in [-0.4, -0.2) is 11.7 Å². The summed E-state index contributed by atoms with van der Waals surface area (Å²) < 4.78 is 5.61. The molecule has 110 valence electrons. The van der Waals surface area contributed by atoms with Crippen molar-refractivity contribution < 1.29 is 4.74 Å². The van der Waals surface area contributed by atoms with Crippen LogP contribution < -0.4 is 4.74 Å². The molecule has 0 saturated carbocycles. The zero-order chi connectivity index (χ0) is 14.9. The molecule has 0 aromatic heterocycles. The number of rotatable bonds is 7. The van der Waals surface area contributed by atoms with E-state index in [4.69, 9.17) is 4.74 Å². The highest BCUT2D eigenvalue weighted by Crippen LogP contribution is 2.24. The first-order valence-corrected chi connectivity index (χ1v) is 9.22. The van der Waals surface area contributed by atoms with Gasteiger partial charge in [0, 0.05) is 5.75 Å². The predicted octanol–water partition coefficient (Wildman–Crippen LogP) is 6.15. The van der Waals surface area contributed by atoms with Gasteiger partial charge in [-0.2, -0.15) is 10.2 Å². The number of hydrogen-bond acceptors (Lipinski definition) is 5. The summed E-state index contributed by atoms with van der Waals surface area (Å²) in [5, 5.41) is 8.43. The summed E-state index contributed by atoms with van der Waals surface area (Å²) >= 11 is 0. The van der Waals surface area contributed by atoms with Crippen LogP contribution in [0.1, 0.15) is 12.5 Å². The molecule has 0 radical (unpaired) electrons. The van der Waals surface area contributed by atoms with E-state index in [1.165, 1.54) is 5.56 Å². The maximum Gasteiger partial charge on any atom is 0.144 e. The van der Waals surface area contributed by atoms with E-state index in [0.717, 1.165) is 22.9 Å². The fourth-order valence-corrected chi connectivity index (χ4v) is 2.81. The standard InChI is InChI=1S/C16H18N2OS2/c1-3-20-21-12-19-16-10-8-15(9-11-16)18-17-14-6-4-13(2)5-7-14/h4-11H,3,12H2,1-2H3/b18-17+. The van der Waals surface area contributed by atoms with Crippen LogP contribution in [0.25, 0.3) is 0 Å². The Morgan fingerprint density at radius 3 is 2.00 bits per heavy atom. The molecule has 3 nitrogen and oxygen atoms in total. The Morgan fingerprint density at radius 2 is 1.43 bits per heavy atom. The SMILES string of the molecule is CCSSCOc1ccc(/N=N/c2ccc(C)cc2)cc1. The van der Waals surface area contributed by atoms with E-state index in [0.29, 0.717) is 5.94 Å². The molecule has 2 aromatic carbocycles. The van der Waals surface area contributed by atoms with Crippen LogP contribution in [0.2, 0.25) is 0 Å². The van der Waals surface area contributed by atoms with Gasteiger partial charge in [0.15, 0.2) is 0 Å². The summed E-state index contributed by atoms with van der Waals surface area (Å²) in [7, 11) is 3.51. The van der Waals surface area contributed by atoms with E-state index < -0.39 is 0 Å². The molecule has 21 heavy (non-hydrogen) atoms. The van der Waals surface area contributed by atoms with Gasteiger partial charge in [-0.15, -0.1) is 0 Å². The van der Waals surface area contributed by atoms with Crippen molar-refractivity contribution in [2.24, 2.45) is 10.2 Å². The molecule has 0 N–H and O–H groups in total. The molecule has 0 saturated heterocycles. The first kappa shape index (κ1) is 15.9. The molecule has 0 unspecified atom stereocenters. The van der Waals surface area contributed by atoms with Crippen LogP contribution >= 0.6 is 21.6 Å². The van der Waals surface area contributed by atoms with Gasteiger partial charge in [0.05, 0.1) is 11.4 Å². The minimum Gasteiger partial charge on any atom is -0.482 e. The van der Waals surface area contributed by atoms with Crippen LogP contribution in [-0.2, 0) is 0 Å². The molecule has 5 heteroatoms. The summed E-state index contributed by atoms with van der Waals surface area (Å²) in [4.78, 5) is 0. The predicted molar refractivity (Wildman–Crippen MR) is 93.0 cm³/mol. The molecule has 0 aliphatic heterocycles. The maximum atomic E-state index is 5.61. The van der Waals surface area contributed by atoms with Gasteiger partial charge in [0.2, 0.25) is 0 Å². The van der Waals surface area contributed by atoms with Gasteiger partial charge in [-0.1, -0.05) is 46.2 Å². The molecule has 0 aliphatic rings. The van der Waals surface area contributed by atoms with Gasteiger partial charge in [-0.25, -0.2) is 0 Å². The average molecular weight is 318 g/mol. The maximum absolute atomic E-state index is 5.61. The number of aryl methyl sites for hydroxylation is 1. The fraction of sp³-hybridized carbons (Fsp3) is 0.250. The number of benzene rings is 2. The van der Waals surface area contributed by atoms with Crippen LogP contribution in [0.4, 0.5) is 11.4 Å². The summed E-state index contributed by atoms with van der Waals surface area (Å²) in [6.45, 7) is 4.18. The lowest BCUT2D eigenvalue weighted by Crippen LogP contribution is -1.90. The lowest BCUT2D eigenvalue weighted by atomic mass is 10.2. The van der Waals surface area contributed by atoms with Gasteiger partial charge in [0.25, 0.3) is 0 Å². The minimum atomic E-state index is 0.655. The quantitative estimate of drug-likeness (QED) is 0.266. The van der Waals surface area contributed by atoms with Gasteiger partial charge in [0.1, 0.15) is 11.7 Å². The topological polar surface area (TPSA) is 34.0 Å². The van der Waals surface area contributed by atoms with E-state index in [2.05, 4.69) is 24.1 Å². The average Bonchev–Trinajstić information content (AvgIpc) is 2.52. The molecular weight excluding hydrogens is 300 g/mol. The van der Waals surface area contributed by atoms with Crippen molar-refractivity contribution in [3.05, 3.63) is 54.1 Å². The third kappa shape index (κ3) is 5.81. The summed E-state index contributed by atoms with van der Waals surface area (Å²) in [6.07, 6.45) is 0. The van der Waals surface area contributed by atoms with Gasteiger partial charge in [-0.3, -0.25) is 0 Å². The molecule has 2 rings (SSSR count). The third-order valence-corrected chi connectivity index (χ3v) is 4.74. The van der Waals surface area contributed by atoms with Crippen molar-refractivity contribution in [1.29, 1.82) is 0 Å². The largest absolute Gasteiger partial charge is 0.482 e. The normalized spacial score (nSPS) is 11.0. The summed E-state index contributed by atoms with van der Waals surface area (Å²) in [5.41, 5.74) is 2.89. The Balaban J connectivity index is 1.88. The molecule has 0 amide bonds. The van der Waals surface area contributed by atoms with E-state index in [-0.39, 0.29) is 0 Å². The van der Waals surface area contributed by atoms with Crippen molar-refractivity contribution in [2.75, 3.05) is 11.7 Å². The smallest absolute Gasteiger partial charge is 0.144 e. The zero-order valence-electron chi connectivity index (χ0n) is 12.2. The zero-order valence-corrected chi connectivity index (χ0v) is 13.8. The van der Waals surface area contributed by atoms with E-state index in [9.17, 15) is 0 Å². The highest BCUT2D eigenvalue weighted by atomic mass is 33.1. The third-order valence-electron chi connectivity index (χ3n) is 2.63. The van der Waals surface area contributed by atoms with Gasteiger partial charge in [-0.05, 0) is 43.3 Å². The lowest BCUT2D eigenvalue weighted by molar-refractivity contribution is 0.394. The lowest BCUT2D eigenvalue weighted by Gasteiger charge is -2.04. The molecule has 0 bridgehead atoms. The molecule has 0 heterocycles. The van der Waals surface area contributed by atoms with Crippen molar-refractivity contribution in [2.45, 2.75) is 13.8 Å². The molecule has 0 aliphatic carbocycles. The second-order valence-electron chi connectivity index (χ2n) is 4.32. The van der Waals surface area contributed by atoms with Crippen LogP contribution in [0.5, 0.6) is 5.75 Å². The van der Waals surface area contributed by atoms with Gasteiger partial charge < -0.3 is 4.74 Å². The van der Waals surface area contributed by atoms with Crippen LogP contribution in [0.3, 0.4) is 0 Å². The molecule has 2 aromatic rings. The Labute approximate surface area is 133 Å². The highest BCUT2D eigenvalue weighted by molar-refractivity contribution is 8.76. The van der Waals surface area contributed by atoms with Crippen molar-refractivity contribution in [3.63, 3.8) is 0 Å². The van der Waals surface area contributed by atoms with Gasteiger partial charge >= 0.3 is 0 Å². The van der Waals surface area contributed by atoms with E-state index in [1.54, 1.807) is 21.6 Å². The fourth-order valence-electron chi connectivity index (χ4n) is 1.55. The number of azo groups is 1. The Bertz CT molecular complexity index is 568. The van der Waals surface area contributed by atoms with Crippen molar-refractivity contribution in [3.8, 4) is 5.75 Å². The second kappa shape index (κ2) is 8.74. The van der Waals surface area contributed by atoms with Crippen LogP contribution in [0.15, 0.2) is 58.8 Å². The van der Waals surface area contributed by atoms with Crippen molar-refractivity contribution in [1.82, 2.24) is 0 Å². The molecule has 0 fully saturated rings. The Morgan fingerprint density at radius 1 is 0.857 bits per heavy atom. The number of hydrogen-bond donors (Lipinski definition) is 0. The minimum absolute atomic E-state index is 0.655. The second-order valence-corrected chi connectivity index (χ2v) is 7.01. The molecular formula is C16H18N2OS2. The first-order valence-electron chi connectivity index (χ1n) is 6.73. The Hall–Kier alpha value is -1.46. The van der Waals surface area contributed by atoms with Crippen molar-refractivity contribution >= 4 is 33.0 Å². The Kier molecular flexibility index (Phi) is 6.63.